The van der Waals surface area contributed by atoms with Crippen LogP contribution in [0.15, 0.2) is 176 Å². The highest BCUT2D eigenvalue weighted by atomic mass is 16.5. The summed E-state index contributed by atoms with van der Waals surface area (Å²) in [6.45, 7) is 2.34. The summed E-state index contributed by atoms with van der Waals surface area (Å²) < 4.78 is 6.58. The first-order chi connectivity index (χ1) is 22.7. The van der Waals surface area contributed by atoms with Gasteiger partial charge in [-0.25, -0.2) is 0 Å². The van der Waals surface area contributed by atoms with Crippen LogP contribution < -0.4 is 4.74 Å². The maximum atomic E-state index is 6.58. The molecule has 7 aromatic carbocycles. The highest BCUT2D eigenvalue weighted by molar-refractivity contribution is 5.95. The van der Waals surface area contributed by atoms with Crippen molar-refractivity contribution >= 4 is 0 Å². The van der Waals surface area contributed by atoms with Crippen LogP contribution in [0, 0.1) is 0 Å². The van der Waals surface area contributed by atoms with E-state index in [0.29, 0.717) is 0 Å². The predicted octanol–water partition coefficient (Wildman–Crippen LogP) is 11.2. The average Bonchev–Trinajstić information content (AvgIpc) is 3.44. The van der Waals surface area contributed by atoms with Crippen molar-refractivity contribution in [2.24, 2.45) is 0 Å². The van der Waals surface area contributed by atoms with Crippen molar-refractivity contribution in [2.75, 3.05) is 0 Å². The van der Waals surface area contributed by atoms with Crippen LogP contribution in [-0.2, 0) is 10.8 Å². The van der Waals surface area contributed by atoms with Gasteiger partial charge in [0.1, 0.15) is 11.5 Å². The molecule has 1 heteroatoms. The van der Waals surface area contributed by atoms with Crippen molar-refractivity contribution in [3.05, 3.63) is 215 Å². The second kappa shape index (κ2) is 10.2. The van der Waals surface area contributed by atoms with E-state index in [1.54, 1.807) is 0 Å². The van der Waals surface area contributed by atoms with E-state index in [0.717, 1.165) is 11.5 Å². The first-order valence-corrected chi connectivity index (χ1v) is 16.0. The molecule has 1 aliphatic carbocycles. The summed E-state index contributed by atoms with van der Waals surface area (Å²) >= 11 is 0. The first kappa shape index (κ1) is 26.7. The molecule has 1 heterocycles. The van der Waals surface area contributed by atoms with E-state index < -0.39 is 5.41 Å². The number of rotatable bonds is 4. The monoisotopic (exact) mass is 588 g/mol. The molecule has 0 fully saturated rings. The van der Waals surface area contributed by atoms with Crippen molar-refractivity contribution in [2.45, 2.75) is 17.8 Å². The number of hydrogen-bond acceptors (Lipinski definition) is 1. The summed E-state index contributed by atoms with van der Waals surface area (Å²) in [5, 5.41) is 0. The zero-order chi connectivity index (χ0) is 30.7. The molecule has 1 atom stereocenters. The molecule has 0 amide bonds. The van der Waals surface area contributed by atoms with Gasteiger partial charge in [0.2, 0.25) is 0 Å². The zero-order valence-corrected chi connectivity index (χ0v) is 25.7. The van der Waals surface area contributed by atoms with Crippen LogP contribution in [0.3, 0.4) is 0 Å². The highest BCUT2D eigenvalue weighted by Gasteiger charge is 2.47. The number of hydrogen-bond donors (Lipinski definition) is 0. The van der Waals surface area contributed by atoms with Gasteiger partial charge < -0.3 is 4.74 Å². The maximum absolute atomic E-state index is 6.58. The van der Waals surface area contributed by atoms with Gasteiger partial charge in [0.25, 0.3) is 0 Å². The second-order valence-corrected chi connectivity index (χ2v) is 12.6. The van der Waals surface area contributed by atoms with Gasteiger partial charge in [0.15, 0.2) is 0 Å². The second-order valence-electron chi connectivity index (χ2n) is 12.6. The molecule has 1 aliphatic heterocycles. The first-order valence-electron chi connectivity index (χ1n) is 16.0. The maximum Gasteiger partial charge on any atom is 0.131 e. The molecule has 9 rings (SSSR count). The normalized spacial score (nSPS) is 16.8. The molecule has 1 nitrogen and oxygen atoms in total. The average molecular weight is 589 g/mol. The van der Waals surface area contributed by atoms with Gasteiger partial charge in [-0.1, -0.05) is 158 Å². The quantitative estimate of drug-likeness (QED) is 0.199. The molecule has 7 aromatic rings. The lowest BCUT2D eigenvalue weighted by atomic mass is 9.67. The van der Waals surface area contributed by atoms with Crippen molar-refractivity contribution in [3.63, 3.8) is 0 Å². The lowest BCUT2D eigenvalue weighted by Gasteiger charge is -2.38. The van der Waals surface area contributed by atoms with Crippen LogP contribution in [-0.4, -0.2) is 0 Å². The molecule has 218 valence electrons. The van der Waals surface area contributed by atoms with E-state index in [1.165, 1.54) is 61.2 Å². The molecule has 0 saturated heterocycles. The number of para-hydroxylation sites is 1. The molecule has 0 aromatic heterocycles. The SMILES string of the molecule is CC1(c2ccccc2)c2ccccc2Oc2ccc(-c3cccc4c3-c3ccccc3C4(c3ccccc3)c3ccccc3)cc21. The van der Waals surface area contributed by atoms with E-state index in [9.17, 15) is 0 Å². The standard InChI is InChI=1S/C45H32O/c1-44(32-16-5-2-6-17-32)38-25-13-14-27-41(38)46-42-29-28-31(30-40(42)44)35-23-15-26-39-43(35)36-22-11-12-24-37(36)45(39,33-18-7-3-8-19-33)34-20-9-4-10-21-34/h2-30H,1H3. The predicted molar refractivity (Wildman–Crippen MR) is 188 cm³/mol. The summed E-state index contributed by atoms with van der Waals surface area (Å²) in [5.41, 5.74) is 13.0. The van der Waals surface area contributed by atoms with Gasteiger partial charge in [-0.05, 0) is 75.2 Å². The Kier molecular flexibility index (Phi) is 5.92. The van der Waals surface area contributed by atoms with Crippen LogP contribution in [0.5, 0.6) is 11.5 Å². The van der Waals surface area contributed by atoms with Gasteiger partial charge in [-0.2, -0.15) is 0 Å². The van der Waals surface area contributed by atoms with E-state index in [2.05, 4.69) is 183 Å². The van der Waals surface area contributed by atoms with Crippen LogP contribution in [0.1, 0.15) is 45.9 Å². The smallest absolute Gasteiger partial charge is 0.131 e. The Morgan fingerprint density at radius 2 is 0.913 bits per heavy atom. The van der Waals surface area contributed by atoms with Crippen molar-refractivity contribution in [3.8, 4) is 33.8 Å². The van der Waals surface area contributed by atoms with Gasteiger partial charge in [0, 0.05) is 16.5 Å². The van der Waals surface area contributed by atoms with E-state index in [-0.39, 0.29) is 5.41 Å². The Morgan fingerprint density at radius 1 is 0.391 bits per heavy atom. The molecule has 0 radical (unpaired) electrons. The molecule has 1 unspecified atom stereocenters. The largest absolute Gasteiger partial charge is 0.457 e. The van der Waals surface area contributed by atoms with Gasteiger partial charge in [0.05, 0.1) is 5.41 Å². The third kappa shape index (κ3) is 3.63. The molecule has 0 bridgehead atoms. The molecule has 46 heavy (non-hydrogen) atoms. The molecule has 0 saturated carbocycles. The van der Waals surface area contributed by atoms with Crippen molar-refractivity contribution in [1.82, 2.24) is 0 Å². The van der Waals surface area contributed by atoms with Crippen LogP contribution in [0.25, 0.3) is 22.3 Å². The summed E-state index contributed by atoms with van der Waals surface area (Å²) in [6, 6.07) is 63.9. The fourth-order valence-corrected chi connectivity index (χ4v) is 8.23. The lowest BCUT2D eigenvalue weighted by Crippen LogP contribution is -2.29. The van der Waals surface area contributed by atoms with Crippen molar-refractivity contribution in [1.29, 1.82) is 0 Å². The summed E-state index contributed by atoms with van der Waals surface area (Å²) in [6.07, 6.45) is 0. The lowest BCUT2D eigenvalue weighted by molar-refractivity contribution is 0.427. The fourth-order valence-electron chi connectivity index (χ4n) is 8.23. The van der Waals surface area contributed by atoms with Crippen molar-refractivity contribution < 1.29 is 4.74 Å². The van der Waals surface area contributed by atoms with Crippen LogP contribution >= 0.6 is 0 Å². The third-order valence-corrected chi connectivity index (χ3v) is 10.3. The zero-order valence-electron chi connectivity index (χ0n) is 25.7. The molecule has 0 N–H and O–H groups in total. The summed E-state index contributed by atoms with van der Waals surface area (Å²) in [5.74, 6) is 1.82. The van der Waals surface area contributed by atoms with E-state index >= 15 is 0 Å². The number of ether oxygens (including phenoxy) is 1. The van der Waals surface area contributed by atoms with E-state index in [4.69, 9.17) is 4.74 Å². The topological polar surface area (TPSA) is 9.23 Å². The minimum Gasteiger partial charge on any atom is -0.457 e. The molecule has 0 spiro atoms. The van der Waals surface area contributed by atoms with Gasteiger partial charge in [-0.3, -0.25) is 0 Å². The van der Waals surface area contributed by atoms with Crippen LogP contribution in [0.4, 0.5) is 0 Å². The summed E-state index contributed by atoms with van der Waals surface area (Å²) in [7, 11) is 0. The fraction of sp³-hybridized carbons (Fsp3) is 0.0667. The Morgan fingerprint density at radius 3 is 1.61 bits per heavy atom. The number of benzene rings is 7. The Labute approximate surface area is 270 Å². The molecular weight excluding hydrogens is 556 g/mol. The number of fused-ring (bicyclic) bond motifs is 5. The third-order valence-electron chi connectivity index (χ3n) is 10.3. The van der Waals surface area contributed by atoms with Crippen LogP contribution in [0.2, 0.25) is 0 Å². The van der Waals surface area contributed by atoms with Gasteiger partial charge >= 0.3 is 0 Å². The minimum atomic E-state index is -0.431. The Hall–Kier alpha value is -5.66. The minimum absolute atomic E-state index is 0.380. The van der Waals surface area contributed by atoms with Gasteiger partial charge in [-0.15, -0.1) is 0 Å². The highest BCUT2D eigenvalue weighted by Crippen LogP contribution is 2.59. The molecular formula is C45H32O. The summed E-state index contributed by atoms with van der Waals surface area (Å²) in [4.78, 5) is 0. The molecule has 2 aliphatic rings. The Balaban J connectivity index is 1.32. The Bertz CT molecular complexity index is 2190. The van der Waals surface area contributed by atoms with E-state index in [1.807, 2.05) is 0 Å².